The number of carbonyl (C=O) groups is 1. The minimum absolute atomic E-state index is 0.0874. The maximum Gasteiger partial charge on any atom is 0.407 e. The molecule has 0 aliphatic heterocycles. The molecule has 0 atom stereocenters. The van der Waals surface area contributed by atoms with Gasteiger partial charge in [0.15, 0.2) is 5.88 Å². The minimum atomic E-state index is -0.565. The molecule has 0 bridgehead atoms. The van der Waals surface area contributed by atoms with Crippen LogP contribution < -0.4 is 5.32 Å². The second-order valence-electron chi connectivity index (χ2n) is 10.8. The molecule has 1 heterocycles. The fourth-order valence-electron chi connectivity index (χ4n) is 4.33. The number of fused-ring (bicyclic) bond motifs is 1. The number of benzene rings is 3. The molecule has 3 N–H and O–H groups in total. The Morgan fingerprint density at radius 3 is 2.49 bits per heavy atom. The van der Waals surface area contributed by atoms with Crippen LogP contribution in [-0.4, -0.2) is 53.0 Å². The number of nitrogens with one attached hydrogen (secondary N) is 2. The highest BCUT2D eigenvalue weighted by Crippen LogP contribution is 2.32. The Labute approximate surface area is 228 Å². The monoisotopic (exact) mass is 530 g/mol. The number of halogens is 1. The number of ether oxygens (including phenoxy) is 1. The van der Waals surface area contributed by atoms with E-state index in [9.17, 15) is 14.3 Å². The number of carbonyl (C=O) groups excluding carboxylic acids is 1. The Balaban J connectivity index is 1.69. The molecule has 0 aliphatic rings. The third-order valence-corrected chi connectivity index (χ3v) is 5.94. The fraction of sp³-hybridized carbons (Fsp3) is 0.290. The maximum absolute atomic E-state index is 13.9. The van der Waals surface area contributed by atoms with Gasteiger partial charge >= 0.3 is 6.09 Å². The van der Waals surface area contributed by atoms with Crippen LogP contribution in [0, 0.1) is 5.82 Å². The molecule has 0 radical (unpaired) electrons. The van der Waals surface area contributed by atoms with Gasteiger partial charge in [-0.15, -0.1) is 0 Å². The summed E-state index contributed by atoms with van der Waals surface area (Å²) < 4.78 is 19.2. The predicted octanol–water partition coefficient (Wildman–Crippen LogP) is 6.31. The summed E-state index contributed by atoms with van der Waals surface area (Å²) in [5.74, 6) is -0.486. The van der Waals surface area contributed by atoms with Crippen LogP contribution in [0.2, 0.25) is 0 Å². The lowest BCUT2D eigenvalue weighted by Crippen LogP contribution is -2.33. The summed E-state index contributed by atoms with van der Waals surface area (Å²) in [7, 11) is 4.03. The van der Waals surface area contributed by atoms with Crippen molar-refractivity contribution in [2.75, 3.05) is 20.6 Å². The number of aromatic hydroxyl groups is 1. The first kappa shape index (κ1) is 27.9. The van der Waals surface area contributed by atoms with Crippen molar-refractivity contribution in [3.63, 3.8) is 0 Å². The first-order chi connectivity index (χ1) is 18.5. The normalized spacial score (nSPS) is 12.2. The van der Waals surface area contributed by atoms with Gasteiger partial charge in [0.1, 0.15) is 11.4 Å². The summed E-state index contributed by atoms with van der Waals surface area (Å²) in [5, 5.41) is 14.4. The second kappa shape index (κ2) is 11.7. The SMILES string of the molecule is CN(C)Cc1ccc(N=C(c2cccc(CCNC(=O)OC(C)(C)C)c2)c2c(O)[nH]c3cc(F)ccc23)cc1. The van der Waals surface area contributed by atoms with Crippen LogP contribution in [0.5, 0.6) is 5.88 Å². The molecule has 204 valence electrons. The van der Waals surface area contributed by atoms with E-state index < -0.39 is 17.5 Å². The lowest BCUT2D eigenvalue weighted by molar-refractivity contribution is 0.0528. The Bertz CT molecular complexity index is 1480. The van der Waals surface area contributed by atoms with Gasteiger partial charge in [-0.2, -0.15) is 0 Å². The van der Waals surface area contributed by atoms with Gasteiger partial charge in [0.2, 0.25) is 0 Å². The molecule has 7 nitrogen and oxygen atoms in total. The molecule has 0 fully saturated rings. The van der Waals surface area contributed by atoms with E-state index >= 15 is 0 Å². The zero-order valence-corrected chi connectivity index (χ0v) is 23.0. The Kier molecular flexibility index (Phi) is 8.35. The van der Waals surface area contributed by atoms with Gasteiger partial charge in [0.05, 0.1) is 22.5 Å². The number of aliphatic imine (C=N–C) groups is 1. The fourth-order valence-corrected chi connectivity index (χ4v) is 4.33. The Morgan fingerprint density at radius 1 is 1.05 bits per heavy atom. The largest absolute Gasteiger partial charge is 0.494 e. The zero-order valence-electron chi connectivity index (χ0n) is 23.0. The molecule has 3 aromatic carbocycles. The molecule has 8 heteroatoms. The first-order valence-corrected chi connectivity index (χ1v) is 12.9. The van der Waals surface area contributed by atoms with E-state index in [1.165, 1.54) is 12.1 Å². The van der Waals surface area contributed by atoms with E-state index in [1.807, 2.05) is 83.4 Å². The van der Waals surface area contributed by atoms with Gasteiger partial charge in [-0.1, -0.05) is 30.3 Å². The molecule has 0 unspecified atom stereocenters. The number of hydrogen-bond acceptors (Lipinski definition) is 5. The molecular weight excluding hydrogens is 495 g/mol. The predicted molar refractivity (Wildman–Crippen MR) is 153 cm³/mol. The van der Waals surface area contributed by atoms with E-state index in [0.29, 0.717) is 35.1 Å². The van der Waals surface area contributed by atoms with Gasteiger partial charge in [-0.25, -0.2) is 14.2 Å². The van der Waals surface area contributed by atoms with Crippen molar-refractivity contribution in [1.29, 1.82) is 0 Å². The second-order valence-corrected chi connectivity index (χ2v) is 10.8. The van der Waals surface area contributed by atoms with Gasteiger partial charge in [-0.05, 0) is 88.8 Å². The van der Waals surface area contributed by atoms with Crippen molar-refractivity contribution in [3.8, 4) is 5.88 Å². The summed E-state index contributed by atoms with van der Waals surface area (Å²) in [5.41, 5.74) is 4.59. The van der Waals surface area contributed by atoms with Crippen LogP contribution in [0.1, 0.15) is 43.0 Å². The van der Waals surface area contributed by atoms with E-state index in [-0.39, 0.29) is 5.88 Å². The highest BCUT2D eigenvalue weighted by molar-refractivity contribution is 6.21. The smallest absolute Gasteiger partial charge is 0.407 e. The van der Waals surface area contributed by atoms with Crippen LogP contribution in [0.25, 0.3) is 10.9 Å². The summed E-state index contributed by atoms with van der Waals surface area (Å²) in [6.45, 7) is 6.67. The van der Waals surface area contributed by atoms with Crippen molar-refractivity contribution in [1.82, 2.24) is 15.2 Å². The quantitative estimate of drug-likeness (QED) is 0.233. The standard InChI is InChI=1S/C31H35FN4O3/c1-31(2,3)39-30(38)33-16-15-20-7-6-8-22(17-20)28(34-24-12-9-21(10-13-24)19-36(4)5)27-25-14-11-23(32)18-26(25)35-29(27)37/h6-14,17-18,35,37H,15-16,19H2,1-5H3,(H,33,38). The Morgan fingerprint density at radius 2 is 1.79 bits per heavy atom. The summed E-state index contributed by atoms with van der Waals surface area (Å²) in [4.78, 5) is 22.0. The lowest BCUT2D eigenvalue weighted by atomic mass is 9.98. The van der Waals surface area contributed by atoms with Crippen LogP contribution in [0.3, 0.4) is 0 Å². The highest BCUT2D eigenvalue weighted by atomic mass is 19.1. The maximum atomic E-state index is 13.9. The van der Waals surface area contributed by atoms with Crippen LogP contribution in [0.15, 0.2) is 71.7 Å². The van der Waals surface area contributed by atoms with E-state index in [4.69, 9.17) is 9.73 Å². The van der Waals surface area contributed by atoms with Crippen LogP contribution >= 0.6 is 0 Å². The number of amides is 1. The number of aromatic nitrogens is 1. The number of aromatic amines is 1. The topological polar surface area (TPSA) is 90.0 Å². The van der Waals surface area contributed by atoms with E-state index in [0.717, 1.165) is 28.9 Å². The third-order valence-electron chi connectivity index (χ3n) is 5.94. The van der Waals surface area contributed by atoms with Gasteiger partial charge in [0.25, 0.3) is 0 Å². The van der Waals surface area contributed by atoms with E-state index in [1.54, 1.807) is 6.07 Å². The third kappa shape index (κ3) is 7.45. The van der Waals surface area contributed by atoms with Crippen molar-refractivity contribution in [2.45, 2.75) is 39.3 Å². The van der Waals surface area contributed by atoms with Crippen molar-refractivity contribution in [3.05, 3.63) is 94.8 Å². The van der Waals surface area contributed by atoms with Crippen LogP contribution in [0.4, 0.5) is 14.9 Å². The zero-order chi connectivity index (χ0) is 28.2. The number of nitrogens with zero attached hydrogens (tertiary/aromatic N) is 2. The summed E-state index contributed by atoms with van der Waals surface area (Å²) >= 11 is 0. The molecule has 0 aliphatic carbocycles. The minimum Gasteiger partial charge on any atom is -0.494 e. The molecule has 0 saturated heterocycles. The summed E-state index contributed by atoms with van der Waals surface area (Å²) in [6.07, 6.45) is 0.111. The molecule has 1 aromatic heterocycles. The van der Waals surface area contributed by atoms with Crippen molar-refractivity contribution >= 4 is 28.4 Å². The highest BCUT2D eigenvalue weighted by Gasteiger charge is 2.20. The molecule has 4 aromatic rings. The average molecular weight is 531 g/mol. The number of rotatable bonds is 8. The van der Waals surface area contributed by atoms with Crippen molar-refractivity contribution < 1.29 is 19.0 Å². The van der Waals surface area contributed by atoms with Crippen molar-refractivity contribution in [2.24, 2.45) is 4.99 Å². The van der Waals surface area contributed by atoms with Crippen LogP contribution in [-0.2, 0) is 17.7 Å². The molecule has 39 heavy (non-hydrogen) atoms. The molecular formula is C31H35FN4O3. The summed E-state index contributed by atoms with van der Waals surface area (Å²) in [6, 6.07) is 20.1. The lowest BCUT2D eigenvalue weighted by Gasteiger charge is -2.19. The molecule has 4 rings (SSSR count). The van der Waals surface area contributed by atoms with Gasteiger partial charge < -0.3 is 25.0 Å². The number of H-pyrrole nitrogens is 1. The van der Waals surface area contributed by atoms with Gasteiger partial charge in [0, 0.05) is 24.0 Å². The number of hydrogen-bond donors (Lipinski definition) is 3. The first-order valence-electron chi connectivity index (χ1n) is 12.9. The molecule has 1 amide bonds. The van der Waals surface area contributed by atoms with Gasteiger partial charge in [-0.3, -0.25) is 0 Å². The molecule has 0 spiro atoms. The average Bonchev–Trinajstić information content (AvgIpc) is 3.16. The van der Waals surface area contributed by atoms with E-state index in [2.05, 4.69) is 15.2 Å². The molecule has 0 saturated carbocycles. The Hall–Kier alpha value is -4.17. The number of alkyl carbamates (subject to hydrolysis) is 1.